The minimum absolute atomic E-state index is 0.0679. The monoisotopic (exact) mass is 260 g/mol. The standard InChI is InChI=1S/C14H13FN2O2/c1-19-14(18)11-6-10(4-5-12(11)15)17-7-13(16-8-17)9-2-3-9/h4-9H,2-3H2,1H3. The number of aromatic nitrogens is 2. The van der Waals surface area contributed by atoms with Crippen molar-refractivity contribution in [2.24, 2.45) is 0 Å². The van der Waals surface area contributed by atoms with Gasteiger partial charge in [-0.3, -0.25) is 0 Å². The van der Waals surface area contributed by atoms with Gasteiger partial charge in [0.05, 0.1) is 24.7 Å². The van der Waals surface area contributed by atoms with E-state index in [0.29, 0.717) is 11.6 Å². The molecule has 1 aromatic carbocycles. The van der Waals surface area contributed by atoms with Crippen molar-refractivity contribution >= 4 is 5.97 Å². The van der Waals surface area contributed by atoms with E-state index >= 15 is 0 Å². The third kappa shape index (κ3) is 2.23. The highest BCUT2D eigenvalue weighted by atomic mass is 19.1. The van der Waals surface area contributed by atoms with Gasteiger partial charge in [0, 0.05) is 17.8 Å². The Hall–Kier alpha value is -2.17. The van der Waals surface area contributed by atoms with E-state index in [-0.39, 0.29) is 5.56 Å². The first-order valence-corrected chi connectivity index (χ1v) is 6.11. The summed E-state index contributed by atoms with van der Waals surface area (Å²) in [5.74, 6) is -0.707. The van der Waals surface area contributed by atoms with Gasteiger partial charge in [0.1, 0.15) is 5.82 Å². The number of carbonyl (C=O) groups excluding carboxylic acids is 1. The summed E-state index contributed by atoms with van der Waals surface area (Å²) in [7, 11) is 1.23. The fourth-order valence-corrected chi connectivity index (χ4v) is 2.01. The third-order valence-corrected chi connectivity index (χ3v) is 3.25. The van der Waals surface area contributed by atoms with E-state index in [0.717, 1.165) is 5.69 Å². The van der Waals surface area contributed by atoms with Gasteiger partial charge in [0.2, 0.25) is 0 Å². The quantitative estimate of drug-likeness (QED) is 0.797. The molecule has 0 unspecified atom stereocenters. The molecular formula is C14H13FN2O2. The Morgan fingerprint density at radius 2 is 2.26 bits per heavy atom. The van der Waals surface area contributed by atoms with Crippen LogP contribution in [0.15, 0.2) is 30.7 Å². The van der Waals surface area contributed by atoms with Gasteiger partial charge >= 0.3 is 5.97 Å². The van der Waals surface area contributed by atoms with Crippen molar-refractivity contribution in [3.8, 4) is 5.69 Å². The number of rotatable bonds is 3. The maximum Gasteiger partial charge on any atom is 0.340 e. The summed E-state index contributed by atoms with van der Waals surface area (Å²) >= 11 is 0. The largest absolute Gasteiger partial charge is 0.465 e. The van der Waals surface area contributed by atoms with E-state index in [1.807, 2.05) is 6.20 Å². The van der Waals surface area contributed by atoms with Crippen LogP contribution in [0.4, 0.5) is 4.39 Å². The van der Waals surface area contributed by atoms with Gasteiger partial charge in [-0.1, -0.05) is 0 Å². The summed E-state index contributed by atoms with van der Waals surface area (Å²) in [6, 6.07) is 4.35. The van der Waals surface area contributed by atoms with Crippen LogP contribution in [0.5, 0.6) is 0 Å². The van der Waals surface area contributed by atoms with Crippen molar-refractivity contribution in [2.75, 3.05) is 7.11 Å². The van der Waals surface area contributed by atoms with Crippen LogP contribution in [0.25, 0.3) is 5.69 Å². The Morgan fingerprint density at radius 3 is 2.95 bits per heavy atom. The van der Waals surface area contributed by atoms with Crippen LogP contribution in [0.3, 0.4) is 0 Å². The minimum atomic E-state index is -0.679. The lowest BCUT2D eigenvalue weighted by atomic mass is 10.2. The van der Waals surface area contributed by atoms with Crippen molar-refractivity contribution in [1.82, 2.24) is 9.55 Å². The fourth-order valence-electron chi connectivity index (χ4n) is 2.01. The molecule has 0 radical (unpaired) electrons. The van der Waals surface area contributed by atoms with Gasteiger partial charge in [0.25, 0.3) is 0 Å². The smallest absolute Gasteiger partial charge is 0.340 e. The highest BCUT2D eigenvalue weighted by Gasteiger charge is 2.26. The molecule has 1 aliphatic carbocycles. The molecule has 1 aliphatic rings. The number of hydrogen-bond donors (Lipinski definition) is 0. The van der Waals surface area contributed by atoms with E-state index in [2.05, 4.69) is 9.72 Å². The molecule has 0 spiro atoms. The number of nitrogens with zero attached hydrogens (tertiary/aromatic N) is 2. The summed E-state index contributed by atoms with van der Waals surface area (Å²) in [6.45, 7) is 0. The molecule has 0 aliphatic heterocycles. The van der Waals surface area contributed by atoms with Crippen molar-refractivity contribution in [2.45, 2.75) is 18.8 Å². The predicted molar refractivity (Wildman–Crippen MR) is 66.8 cm³/mol. The zero-order valence-corrected chi connectivity index (χ0v) is 10.5. The molecular weight excluding hydrogens is 247 g/mol. The molecule has 1 fully saturated rings. The lowest BCUT2D eigenvalue weighted by Gasteiger charge is -2.05. The van der Waals surface area contributed by atoms with Crippen LogP contribution in [0.2, 0.25) is 0 Å². The lowest BCUT2D eigenvalue weighted by Crippen LogP contribution is -2.05. The molecule has 5 heteroatoms. The fraction of sp³-hybridized carbons (Fsp3) is 0.286. The summed E-state index contributed by atoms with van der Waals surface area (Å²) < 4.78 is 19.9. The SMILES string of the molecule is COC(=O)c1cc(-n2cnc(C3CC3)c2)ccc1F. The Morgan fingerprint density at radius 1 is 1.47 bits per heavy atom. The van der Waals surface area contributed by atoms with E-state index < -0.39 is 11.8 Å². The van der Waals surface area contributed by atoms with Crippen LogP contribution < -0.4 is 0 Å². The van der Waals surface area contributed by atoms with Gasteiger partial charge in [-0.25, -0.2) is 14.2 Å². The van der Waals surface area contributed by atoms with E-state index in [4.69, 9.17) is 0 Å². The normalized spacial score (nSPS) is 14.4. The lowest BCUT2D eigenvalue weighted by molar-refractivity contribution is 0.0595. The summed E-state index contributed by atoms with van der Waals surface area (Å²) in [5, 5.41) is 0. The second kappa shape index (κ2) is 4.50. The van der Waals surface area contributed by atoms with Gasteiger partial charge in [0.15, 0.2) is 0 Å². The number of benzene rings is 1. The zero-order chi connectivity index (χ0) is 13.4. The maximum absolute atomic E-state index is 13.5. The average Bonchev–Trinajstić information content (AvgIpc) is 3.16. The molecule has 4 nitrogen and oxygen atoms in total. The molecule has 1 saturated carbocycles. The van der Waals surface area contributed by atoms with Crippen LogP contribution in [0, 0.1) is 5.82 Å². The average molecular weight is 260 g/mol. The van der Waals surface area contributed by atoms with Crippen molar-refractivity contribution < 1.29 is 13.9 Å². The summed E-state index contributed by atoms with van der Waals surface area (Å²) in [6.07, 6.45) is 5.95. The minimum Gasteiger partial charge on any atom is -0.465 e. The van der Waals surface area contributed by atoms with Gasteiger partial charge < -0.3 is 9.30 Å². The predicted octanol–water partition coefficient (Wildman–Crippen LogP) is 2.68. The molecule has 0 N–H and O–H groups in total. The molecule has 0 atom stereocenters. The molecule has 2 aromatic rings. The van der Waals surface area contributed by atoms with Crippen LogP contribution >= 0.6 is 0 Å². The molecule has 0 bridgehead atoms. The Balaban J connectivity index is 1.97. The number of carbonyl (C=O) groups is 1. The zero-order valence-electron chi connectivity index (χ0n) is 10.5. The number of imidazole rings is 1. The number of esters is 1. The topological polar surface area (TPSA) is 44.1 Å². The van der Waals surface area contributed by atoms with Crippen LogP contribution in [-0.4, -0.2) is 22.6 Å². The number of methoxy groups -OCH3 is 1. The van der Waals surface area contributed by atoms with Gasteiger partial charge in [-0.15, -0.1) is 0 Å². The molecule has 3 rings (SSSR count). The maximum atomic E-state index is 13.5. The number of ether oxygens (including phenoxy) is 1. The van der Waals surface area contributed by atoms with Gasteiger partial charge in [-0.2, -0.15) is 0 Å². The highest BCUT2D eigenvalue weighted by Crippen LogP contribution is 2.39. The summed E-state index contributed by atoms with van der Waals surface area (Å²) in [5.41, 5.74) is 1.67. The Kier molecular flexibility index (Phi) is 2.81. The van der Waals surface area contributed by atoms with Crippen LogP contribution in [-0.2, 0) is 4.74 Å². The molecule has 0 saturated heterocycles. The van der Waals surface area contributed by atoms with Crippen molar-refractivity contribution in [3.63, 3.8) is 0 Å². The van der Waals surface area contributed by atoms with Crippen molar-refractivity contribution in [1.29, 1.82) is 0 Å². The first kappa shape index (κ1) is 11.9. The second-order valence-corrected chi connectivity index (χ2v) is 4.64. The number of hydrogen-bond acceptors (Lipinski definition) is 3. The molecule has 1 heterocycles. The number of halogens is 1. The molecule has 1 aromatic heterocycles. The van der Waals surface area contributed by atoms with E-state index in [1.54, 1.807) is 17.0 Å². The van der Waals surface area contributed by atoms with E-state index in [9.17, 15) is 9.18 Å². The third-order valence-electron chi connectivity index (χ3n) is 3.25. The molecule has 0 amide bonds. The highest BCUT2D eigenvalue weighted by molar-refractivity contribution is 5.90. The van der Waals surface area contributed by atoms with E-state index in [1.165, 1.54) is 32.1 Å². The first-order chi connectivity index (χ1) is 9.19. The molecule has 98 valence electrons. The van der Waals surface area contributed by atoms with Crippen LogP contribution in [0.1, 0.15) is 34.8 Å². The summed E-state index contributed by atoms with van der Waals surface area (Å²) in [4.78, 5) is 15.8. The van der Waals surface area contributed by atoms with Crippen molar-refractivity contribution in [3.05, 3.63) is 47.8 Å². The Bertz CT molecular complexity index is 632. The molecule has 19 heavy (non-hydrogen) atoms. The van der Waals surface area contributed by atoms with Gasteiger partial charge in [-0.05, 0) is 31.0 Å². The second-order valence-electron chi connectivity index (χ2n) is 4.64. The Labute approximate surface area is 109 Å². The first-order valence-electron chi connectivity index (χ1n) is 6.11.